The summed E-state index contributed by atoms with van der Waals surface area (Å²) in [5.41, 5.74) is 7.90. The van der Waals surface area contributed by atoms with Crippen molar-refractivity contribution in [3.05, 3.63) is 81.9 Å². The molecule has 0 bridgehead atoms. The highest BCUT2D eigenvalue weighted by atomic mass is 127. The smallest absolute Gasteiger partial charge is 0.412 e. The molecule has 3 aromatic carbocycles. The zero-order valence-corrected chi connectivity index (χ0v) is 22.8. The number of carbonyl (C=O) groups excluding carboxylic acids is 2. The lowest BCUT2D eigenvalue weighted by molar-refractivity contribution is -0.111. The minimum absolute atomic E-state index is 0.0357. The Morgan fingerprint density at radius 3 is 2.71 bits per heavy atom. The SMILES string of the molecule is C[C@@H](CC/C=C/C(=O)Nc1ccccc1N)[C@H](OC(=O)Nc1ccc2c(c1)OCO2)c1cc(I)ccc1O. The van der Waals surface area contributed by atoms with Gasteiger partial charge < -0.3 is 30.4 Å². The summed E-state index contributed by atoms with van der Waals surface area (Å²) in [5.74, 6) is 0.705. The molecule has 2 amide bonds. The van der Waals surface area contributed by atoms with Gasteiger partial charge >= 0.3 is 6.09 Å². The molecule has 0 unspecified atom stereocenters. The summed E-state index contributed by atoms with van der Waals surface area (Å²) < 4.78 is 17.4. The average Bonchev–Trinajstić information content (AvgIpc) is 3.36. The number of ether oxygens (including phenoxy) is 3. The molecule has 1 heterocycles. The normalized spacial score (nSPS) is 13.6. The number of phenolic OH excluding ortho intramolecular Hbond substituents is 1. The van der Waals surface area contributed by atoms with Crippen molar-refractivity contribution in [3.8, 4) is 17.2 Å². The van der Waals surface area contributed by atoms with Gasteiger partial charge in [-0.2, -0.15) is 0 Å². The van der Waals surface area contributed by atoms with Crippen molar-refractivity contribution in [2.45, 2.75) is 25.9 Å². The predicted octanol–water partition coefficient (Wildman–Crippen LogP) is 6.21. The number of benzene rings is 3. The molecular weight excluding hydrogens is 601 g/mol. The Morgan fingerprint density at radius 1 is 1.11 bits per heavy atom. The number of amides is 2. The molecule has 1 aliphatic heterocycles. The second-order valence-corrected chi connectivity index (χ2v) is 10.0. The number of halogens is 1. The first-order valence-corrected chi connectivity index (χ1v) is 13.1. The summed E-state index contributed by atoms with van der Waals surface area (Å²) >= 11 is 2.14. The van der Waals surface area contributed by atoms with Crippen LogP contribution in [0.2, 0.25) is 0 Å². The fraction of sp³-hybridized carbons (Fsp3) is 0.214. The molecule has 5 N–H and O–H groups in total. The third kappa shape index (κ3) is 7.09. The Labute approximate surface area is 234 Å². The van der Waals surface area contributed by atoms with Gasteiger partial charge in [0.25, 0.3) is 0 Å². The van der Waals surface area contributed by atoms with Crippen molar-refractivity contribution >= 4 is 51.7 Å². The minimum atomic E-state index is -0.731. The number of aromatic hydroxyl groups is 1. The second kappa shape index (κ2) is 12.5. The van der Waals surface area contributed by atoms with E-state index in [-0.39, 0.29) is 24.4 Å². The van der Waals surface area contributed by atoms with Gasteiger partial charge in [0.1, 0.15) is 11.9 Å². The van der Waals surface area contributed by atoms with Crippen LogP contribution in [0.4, 0.5) is 21.9 Å². The first kappa shape index (κ1) is 27.1. The number of nitrogen functional groups attached to an aromatic ring is 1. The van der Waals surface area contributed by atoms with Crippen molar-refractivity contribution in [3.63, 3.8) is 0 Å². The molecule has 10 heteroatoms. The third-order valence-electron chi connectivity index (χ3n) is 5.94. The highest BCUT2D eigenvalue weighted by Gasteiger charge is 2.27. The van der Waals surface area contributed by atoms with E-state index in [1.165, 1.54) is 6.08 Å². The zero-order valence-electron chi connectivity index (χ0n) is 20.6. The monoisotopic (exact) mass is 629 g/mol. The van der Waals surface area contributed by atoms with Crippen LogP contribution in [0.1, 0.15) is 31.4 Å². The average molecular weight is 629 g/mol. The Bertz CT molecular complexity index is 1350. The molecule has 198 valence electrons. The van der Waals surface area contributed by atoms with Gasteiger partial charge in [-0.3, -0.25) is 10.1 Å². The number of phenols is 1. The van der Waals surface area contributed by atoms with Gasteiger partial charge in [0.2, 0.25) is 12.7 Å². The van der Waals surface area contributed by atoms with E-state index in [1.54, 1.807) is 66.7 Å². The van der Waals surface area contributed by atoms with Gasteiger partial charge in [-0.25, -0.2) is 4.79 Å². The second-order valence-electron chi connectivity index (χ2n) is 8.76. The quantitative estimate of drug-likeness (QED) is 0.126. The number of anilines is 3. The van der Waals surface area contributed by atoms with Crippen molar-refractivity contribution < 1.29 is 28.9 Å². The van der Waals surface area contributed by atoms with Crippen LogP contribution in [-0.4, -0.2) is 23.9 Å². The van der Waals surface area contributed by atoms with E-state index in [1.807, 2.05) is 6.92 Å². The van der Waals surface area contributed by atoms with Gasteiger partial charge in [0.15, 0.2) is 11.5 Å². The molecule has 9 nitrogen and oxygen atoms in total. The lowest BCUT2D eigenvalue weighted by Crippen LogP contribution is -2.22. The number of para-hydroxylation sites is 2. The maximum atomic E-state index is 12.9. The number of hydrogen-bond donors (Lipinski definition) is 4. The molecule has 2 atom stereocenters. The molecule has 1 aliphatic rings. The highest BCUT2D eigenvalue weighted by molar-refractivity contribution is 14.1. The van der Waals surface area contributed by atoms with E-state index < -0.39 is 12.2 Å². The first-order valence-electron chi connectivity index (χ1n) is 12.0. The molecule has 0 aromatic heterocycles. The van der Waals surface area contributed by atoms with Gasteiger partial charge in [0, 0.05) is 20.9 Å². The maximum Gasteiger partial charge on any atom is 0.412 e. The molecule has 0 saturated heterocycles. The van der Waals surface area contributed by atoms with E-state index in [2.05, 4.69) is 33.2 Å². The molecule has 0 radical (unpaired) electrons. The molecule has 0 fully saturated rings. The largest absolute Gasteiger partial charge is 0.508 e. The number of nitrogens with one attached hydrogen (secondary N) is 2. The Hall–Kier alpha value is -3.93. The van der Waals surface area contributed by atoms with Crippen LogP contribution >= 0.6 is 22.6 Å². The number of nitrogens with two attached hydrogens (primary N) is 1. The van der Waals surface area contributed by atoms with E-state index in [4.69, 9.17) is 19.9 Å². The van der Waals surface area contributed by atoms with Gasteiger partial charge in [0.05, 0.1) is 11.4 Å². The molecule has 0 aliphatic carbocycles. The third-order valence-corrected chi connectivity index (χ3v) is 6.61. The van der Waals surface area contributed by atoms with Crippen molar-refractivity contribution in [2.75, 3.05) is 23.2 Å². The topological polar surface area (TPSA) is 132 Å². The van der Waals surface area contributed by atoms with Crippen molar-refractivity contribution in [2.24, 2.45) is 5.92 Å². The summed E-state index contributed by atoms with van der Waals surface area (Å²) in [6.45, 7) is 2.06. The van der Waals surface area contributed by atoms with E-state index in [9.17, 15) is 14.7 Å². The summed E-state index contributed by atoms with van der Waals surface area (Å²) in [6.07, 6.45) is 2.93. The van der Waals surface area contributed by atoms with Crippen LogP contribution in [0.25, 0.3) is 0 Å². The van der Waals surface area contributed by atoms with Crippen LogP contribution in [0.3, 0.4) is 0 Å². The predicted molar refractivity (Wildman–Crippen MR) is 153 cm³/mol. The molecule has 0 spiro atoms. The van der Waals surface area contributed by atoms with Gasteiger partial charge in [-0.15, -0.1) is 0 Å². The summed E-state index contributed by atoms with van der Waals surface area (Å²) in [7, 11) is 0. The van der Waals surface area contributed by atoms with E-state index >= 15 is 0 Å². The van der Waals surface area contributed by atoms with Crippen LogP contribution in [0, 0.1) is 9.49 Å². The number of hydrogen-bond acceptors (Lipinski definition) is 7. The van der Waals surface area contributed by atoms with Gasteiger partial charge in [-0.05, 0) is 89.9 Å². The number of carbonyl (C=O) groups is 2. The number of rotatable bonds is 9. The number of allylic oxidation sites excluding steroid dienone is 1. The summed E-state index contributed by atoms with van der Waals surface area (Å²) in [5, 5.41) is 16.0. The van der Waals surface area contributed by atoms with E-state index in [0.29, 0.717) is 47.0 Å². The fourth-order valence-corrected chi connectivity index (χ4v) is 4.48. The summed E-state index contributed by atoms with van der Waals surface area (Å²) in [4.78, 5) is 25.1. The lowest BCUT2D eigenvalue weighted by Gasteiger charge is -2.25. The highest BCUT2D eigenvalue weighted by Crippen LogP contribution is 2.37. The first-order chi connectivity index (χ1) is 18.3. The molecule has 3 aromatic rings. The molecule has 4 rings (SSSR count). The van der Waals surface area contributed by atoms with E-state index in [0.717, 1.165) is 3.57 Å². The lowest BCUT2D eigenvalue weighted by atomic mass is 9.92. The van der Waals surface area contributed by atoms with Crippen LogP contribution in [0.15, 0.2) is 72.8 Å². The van der Waals surface area contributed by atoms with Crippen molar-refractivity contribution in [1.29, 1.82) is 0 Å². The fourth-order valence-electron chi connectivity index (χ4n) is 3.96. The standard InChI is InChI=1S/C28H28IN3O6/c1-17(6-2-5-9-26(34)32-22-8-4-3-7-21(22)30)27(20-14-18(29)10-12-23(20)33)38-28(35)31-19-11-13-24-25(15-19)37-16-36-24/h3-5,7-15,17,27,33H,2,6,16,30H2,1H3,(H,31,35)(H,32,34)/b9-5+/t17-,27-/m0/s1. The maximum absolute atomic E-state index is 12.9. The van der Waals surface area contributed by atoms with Crippen LogP contribution in [-0.2, 0) is 9.53 Å². The van der Waals surface area contributed by atoms with Crippen molar-refractivity contribution in [1.82, 2.24) is 0 Å². The summed E-state index contributed by atoms with van der Waals surface area (Å²) in [6, 6.07) is 17.2. The van der Waals surface area contributed by atoms with Crippen LogP contribution < -0.4 is 25.8 Å². The van der Waals surface area contributed by atoms with Crippen LogP contribution in [0.5, 0.6) is 17.2 Å². The Balaban J connectivity index is 1.40. The van der Waals surface area contributed by atoms with Gasteiger partial charge in [-0.1, -0.05) is 25.1 Å². The Morgan fingerprint density at radius 2 is 1.89 bits per heavy atom. The molecule has 0 saturated carbocycles. The Kier molecular flexibility index (Phi) is 8.95. The molecule has 38 heavy (non-hydrogen) atoms. The number of fused-ring (bicyclic) bond motifs is 1. The zero-order chi connectivity index (χ0) is 27.1. The minimum Gasteiger partial charge on any atom is -0.508 e. The molecular formula is C28H28IN3O6.